The Morgan fingerprint density at radius 1 is 0.475 bits per heavy atom. The van der Waals surface area contributed by atoms with E-state index in [0.717, 1.165) is 50.4 Å². The van der Waals surface area contributed by atoms with Crippen molar-refractivity contribution in [3.05, 3.63) is 181 Å². The van der Waals surface area contributed by atoms with Crippen molar-refractivity contribution < 1.29 is 4.42 Å². The average molecular weight is 767 g/mol. The van der Waals surface area contributed by atoms with E-state index in [9.17, 15) is 0 Å². The van der Waals surface area contributed by atoms with Crippen LogP contribution in [-0.4, -0.2) is 19.5 Å². The Balaban J connectivity index is 0.00000109. The first-order chi connectivity index (χ1) is 29.0. The number of hydrogen-bond donors (Lipinski definition) is 0. The summed E-state index contributed by atoms with van der Waals surface area (Å²) in [6.07, 6.45) is 0. The highest BCUT2D eigenvalue weighted by Gasteiger charge is 2.39. The maximum absolute atomic E-state index is 6.34. The molecular weight excluding hydrogens is 721 g/mol. The first-order valence-corrected chi connectivity index (χ1v) is 20.7. The second kappa shape index (κ2) is 15.3. The predicted octanol–water partition coefficient (Wildman–Crippen LogP) is 14.7. The van der Waals surface area contributed by atoms with Crippen molar-refractivity contribution in [3.63, 3.8) is 0 Å². The molecule has 1 aliphatic carbocycles. The first-order valence-electron chi connectivity index (χ1n) is 20.7. The Morgan fingerprint density at radius 3 is 1.71 bits per heavy atom. The third-order valence-electron chi connectivity index (χ3n) is 11.2. The zero-order valence-electron chi connectivity index (χ0n) is 34.4. The molecule has 0 spiro atoms. The van der Waals surface area contributed by atoms with Gasteiger partial charge in [-0.05, 0) is 76.9 Å². The normalized spacial score (nSPS) is 12.4. The smallest absolute Gasteiger partial charge is 0.227 e. The van der Waals surface area contributed by atoms with Crippen LogP contribution in [0.2, 0.25) is 0 Å². The number of hydrogen-bond acceptors (Lipinski definition) is 4. The van der Waals surface area contributed by atoms with Crippen LogP contribution in [0.25, 0.3) is 95.1 Å². The summed E-state index contributed by atoms with van der Waals surface area (Å²) in [7, 11) is 0. The Hall–Kier alpha value is -7.11. The van der Waals surface area contributed by atoms with Crippen LogP contribution in [0.1, 0.15) is 52.7 Å². The predicted molar refractivity (Wildman–Crippen MR) is 246 cm³/mol. The van der Waals surface area contributed by atoms with Gasteiger partial charge in [0.15, 0.2) is 11.4 Å². The molecule has 3 aromatic heterocycles. The lowest BCUT2D eigenvalue weighted by atomic mass is 9.81. The molecule has 7 aromatic carbocycles. The third kappa shape index (κ3) is 6.31. The van der Waals surface area contributed by atoms with Crippen molar-refractivity contribution in [1.29, 1.82) is 0 Å². The van der Waals surface area contributed by atoms with Gasteiger partial charge in [0, 0.05) is 44.1 Å². The molecule has 0 aliphatic heterocycles. The average Bonchev–Trinajstić information content (AvgIpc) is 3.96. The van der Waals surface area contributed by atoms with E-state index in [4.69, 9.17) is 19.4 Å². The largest absolute Gasteiger partial charge is 0.436 e. The molecule has 10 aromatic rings. The molecule has 0 unspecified atom stereocenters. The second-order valence-corrected chi connectivity index (χ2v) is 14.9. The zero-order chi connectivity index (χ0) is 40.7. The van der Waals surface area contributed by atoms with Crippen LogP contribution in [0.15, 0.2) is 174 Å². The van der Waals surface area contributed by atoms with Gasteiger partial charge in [0.05, 0.1) is 22.4 Å². The van der Waals surface area contributed by atoms with Crippen LogP contribution in [0.5, 0.6) is 0 Å². The quantitative estimate of drug-likeness (QED) is 0.175. The van der Waals surface area contributed by atoms with E-state index < -0.39 is 0 Å². The monoisotopic (exact) mass is 766 g/mol. The van der Waals surface area contributed by atoms with Gasteiger partial charge in [-0.15, -0.1) is 0 Å². The molecule has 0 radical (unpaired) electrons. The minimum atomic E-state index is -0.275. The molecule has 11 rings (SSSR count). The van der Waals surface area contributed by atoms with Crippen LogP contribution in [0.3, 0.4) is 0 Å². The highest BCUT2D eigenvalue weighted by molar-refractivity contribution is 6.12. The van der Waals surface area contributed by atoms with E-state index in [1.54, 1.807) is 0 Å². The summed E-state index contributed by atoms with van der Waals surface area (Å²) in [6, 6.07) is 59.4. The molecule has 5 heteroatoms. The molecule has 0 saturated carbocycles. The lowest BCUT2D eigenvalue weighted by Crippen LogP contribution is -2.15. The highest BCUT2D eigenvalue weighted by atomic mass is 16.3. The molecule has 0 N–H and O–H groups in total. The van der Waals surface area contributed by atoms with Crippen molar-refractivity contribution in [2.75, 3.05) is 0 Å². The Kier molecular flexibility index (Phi) is 9.74. The van der Waals surface area contributed by atoms with Gasteiger partial charge in [0.1, 0.15) is 5.52 Å². The van der Waals surface area contributed by atoms with E-state index in [1.807, 2.05) is 94.4 Å². The van der Waals surface area contributed by atoms with Gasteiger partial charge in [-0.1, -0.05) is 157 Å². The Labute approximate surface area is 345 Å². The molecule has 0 bridgehead atoms. The van der Waals surface area contributed by atoms with Crippen molar-refractivity contribution in [2.24, 2.45) is 0 Å². The third-order valence-corrected chi connectivity index (χ3v) is 11.2. The standard InChI is InChI=1S/C50H34N4O.2C2H6/c1-50(2)40-28-39-36-20-12-13-21-43(36)54(44(39)29-38(40)37-26-27-45-47(46(37)50)53-49(55-45)34-18-10-5-11-19-34)35-24-22-32(23-25-35)42-30-41(31-14-6-3-7-15-31)51-48(52-42)33-16-8-4-9-17-33;2*1-2/h3-30H,1-2H3;2*1-2H3. The molecule has 0 amide bonds. The van der Waals surface area contributed by atoms with Gasteiger partial charge in [-0.3, -0.25) is 0 Å². The summed E-state index contributed by atoms with van der Waals surface area (Å²) in [5.41, 5.74) is 15.7. The van der Waals surface area contributed by atoms with E-state index in [2.05, 4.69) is 122 Å². The van der Waals surface area contributed by atoms with E-state index in [-0.39, 0.29) is 5.41 Å². The molecule has 0 atom stereocenters. The van der Waals surface area contributed by atoms with E-state index in [0.29, 0.717) is 11.7 Å². The van der Waals surface area contributed by atoms with Crippen LogP contribution < -0.4 is 0 Å². The fourth-order valence-corrected chi connectivity index (χ4v) is 8.57. The minimum Gasteiger partial charge on any atom is -0.436 e. The molecule has 3 heterocycles. The summed E-state index contributed by atoms with van der Waals surface area (Å²) in [4.78, 5) is 15.2. The fourth-order valence-electron chi connectivity index (χ4n) is 8.57. The molecule has 59 heavy (non-hydrogen) atoms. The van der Waals surface area contributed by atoms with E-state index in [1.165, 1.54) is 44.1 Å². The summed E-state index contributed by atoms with van der Waals surface area (Å²) in [5, 5.41) is 2.46. The maximum atomic E-state index is 6.34. The van der Waals surface area contributed by atoms with Crippen LogP contribution >= 0.6 is 0 Å². The lowest BCUT2D eigenvalue weighted by Gasteiger charge is -2.21. The van der Waals surface area contributed by atoms with Gasteiger partial charge in [-0.25, -0.2) is 15.0 Å². The molecule has 0 saturated heterocycles. The van der Waals surface area contributed by atoms with Crippen molar-refractivity contribution in [2.45, 2.75) is 47.0 Å². The van der Waals surface area contributed by atoms with Gasteiger partial charge < -0.3 is 8.98 Å². The highest BCUT2D eigenvalue weighted by Crippen LogP contribution is 2.53. The minimum absolute atomic E-state index is 0.275. The summed E-state index contributed by atoms with van der Waals surface area (Å²) in [6.45, 7) is 12.6. The molecule has 1 aliphatic rings. The summed E-state index contributed by atoms with van der Waals surface area (Å²) >= 11 is 0. The van der Waals surface area contributed by atoms with Gasteiger partial charge in [-0.2, -0.15) is 0 Å². The molecule has 0 fully saturated rings. The van der Waals surface area contributed by atoms with Crippen LogP contribution in [0, 0.1) is 0 Å². The number of benzene rings is 7. The number of para-hydroxylation sites is 1. The Morgan fingerprint density at radius 2 is 1.05 bits per heavy atom. The van der Waals surface area contributed by atoms with Crippen LogP contribution in [0.4, 0.5) is 0 Å². The summed E-state index contributed by atoms with van der Waals surface area (Å²) < 4.78 is 8.74. The topological polar surface area (TPSA) is 56.7 Å². The van der Waals surface area contributed by atoms with Gasteiger partial charge >= 0.3 is 0 Å². The second-order valence-electron chi connectivity index (χ2n) is 14.9. The lowest BCUT2D eigenvalue weighted by molar-refractivity contribution is 0.619. The van der Waals surface area contributed by atoms with Gasteiger partial charge in [0.25, 0.3) is 0 Å². The maximum Gasteiger partial charge on any atom is 0.227 e. The molecule has 288 valence electrons. The van der Waals surface area contributed by atoms with Crippen molar-refractivity contribution >= 4 is 32.9 Å². The summed E-state index contributed by atoms with van der Waals surface area (Å²) in [5.74, 6) is 1.36. The number of nitrogens with zero attached hydrogens (tertiary/aromatic N) is 4. The Bertz CT molecular complexity index is 3030. The number of oxazole rings is 1. The number of aromatic nitrogens is 4. The number of rotatable bonds is 5. The van der Waals surface area contributed by atoms with Crippen LogP contribution in [-0.2, 0) is 5.41 Å². The SMILES string of the molecule is CC.CC.CC1(C)c2cc3c4ccccc4n(-c4ccc(-c5cc(-c6ccccc6)nc(-c6ccccc6)n5)cc4)c3cc2-c2ccc3oc(-c4ccccc4)nc3c21. The number of fused-ring (bicyclic) bond motifs is 8. The van der Waals surface area contributed by atoms with Crippen molar-refractivity contribution in [1.82, 2.24) is 19.5 Å². The van der Waals surface area contributed by atoms with Gasteiger partial charge in [0.2, 0.25) is 5.89 Å². The molecule has 5 nitrogen and oxygen atoms in total. The zero-order valence-corrected chi connectivity index (χ0v) is 34.4. The molecular formula is C54H46N4O. The van der Waals surface area contributed by atoms with E-state index >= 15 is 0 Å². The first kappa shape index (κ1) is 37.5. The fraction of sp³-hybridized carbons (Fsp3) is 0.130. The van der Waals surface area contributed by atoms with Crippen molar-refractivity contribution in [3.8, 4) is 62.2 Å².